The van der Waals surface area contributed by atoms with Gasteiger partial charge in [-0.15, -0.1) is 0 Å². The summed E-state index contributed by atoms with van der Waals surface area (Å²) in [5, 5.41) is 18.9. The Morgan fingerprint density at radius 1 is 1.26 bits per heavy atom. The van der Waals surface area contributed by atoms with Gasteiger partial charge in [0.25, 0.3) is 0 Å². The minimum absolute atomic E-state index is 0.0610. The Morgan fingerprint density at radius 3 is 2.26 bits per heavy atom. The molecule has 8 nitrogen and oxygen atoms in total. The van der Waals surface area contributed by atoms with Gasteiger partial charge in [-0.25, -0.2) is 4.79 Å². The van der Waals surface area contributed by atoms with Gasteiger partial charge in [0.1, 0.15) is 5.60 Å². The third-order valence-electron chi connectivity index (χ3n) is 4.07. The zero-order valence-electron chi connectivity index (χ0n) is 14.2. The summed E-state index contributed by atoms with van der Waals surface area (Å²) in [7, 11) is 2.86. The van der Waals surface area contributed by atoms with E-state index in [1.807, 2.05) is 13.8 Å². The van der Waals surface area contributed by atoms with Crippen molar-refractivity contribution >= 4 is 5.97 Å². The van der Waals surface area contributed by atoms with Gasteiger partial charge < -0.3 is 34.9 Å². The SMILES string of the molecule is COC(=O)[C@H]1O[C@@H](C)CC1O.COC[C@@]1(CN)O[C@@H](C)CC1O. The Hall–Kier alpha value is -0.770. The maximum atomic E-state index is 10.9. The number of nitrogens with two attached hydrogens (primary N) is 1. The molecule has 2 aliphatic heterocycles. The third-order valence-corrected chi connectivity index (χ3v) is 4.07. The average molecular weight is 335 g/mol. The van der Waals surface area contributed by atoms with Gasteiger partial charge in [0, 0.05) is 26.5 Å². The van der Waals surface area contributed by atoms with E-state index in [-0.39, 0.29) is 12.2 Å². The van der Waals surface area contributed by atoms with Crippen molar-refractivity contribution in [2.75, 3.05) is 27.4 Å². The topological polar surface area (TPSA) is 120 Å². The maximum absolute atomic E-state index is 10.9. The van der Waals surface area contributed by atoms with Crippen molar-refractivity contribution in [1.29, 1.82) is 0 Å². The van der Waals surface area contributed by atoms with E-state index in [4.69, 9.17) is 19.9 Å². The molecule has 0 amide bonds. The fraction of sp³-hybridized carbons (Fsp3) is 0.933. The van der Waals surface area contributed by atoms with E-state index in [2.05, 4.69) is 4.74 Å². The molecule has 2 saturated heterocycles. The molecule has 4 N–H and O–H groups in total. The number of esters is 1. The number of carbonyl (C=O) groups excluding carboxylic acids is 1. The zero-order chi connectivity index (χ0) is 17.6. The monoisotopic (exact) mass is 335 g/mol. The van der Waals surface area contributed by atoms with E-state index in [1.54, 1.807) is 7.11 Å². The lowest BCUT2D eigenvalue weighted by atomic mass is 9.97. The Kier molecular flexibility index (Phi) is 7.85. The van der Waals surface area contributed by atoms with Gasteiger partial charge in [-0.3, -0.25) is 0 Å². The lowest BCUT2D eigenvalue weighted by Crippen LogP contribution is -2.50. The van der Waals surface area contributed by atoms with Crippen LogP contribution >= 0.6 is 0 Å². The minimum Gasteiger partial charge on any atom is -0.467 e. The van der Waals surface area contributed by atoms with Crippen LogP contribution in [-0.2, 0) is 23.7 Å². The molecule has 0 aromatic rings. The number of hydrogen-bond acceptors (Lipinski definition) is 8. The van der Waals surface area contributed by atoms with Gasteiger partial charge >= 0.3 is 5.97 Å². The first-order chi connectivity index (χ1) is 10.8. The van der Waals surface area contributed by atoms with E-state index in [1.165, 1.54) is 7.11 Å². The molecule has 0 bridgehead atoms. The average Bonchev–Trinajstić information content (AvgIpc) is 2.98. The van der Waals surface area contributed by atoms with Crippen LogP contribution in [0.15, 0.2) is 0 Å². The predicted octanol–water partition coefficient (Wildman–Crippen LogP) is -0.802. The Bertz CT molecular complexity index is 381. The number of hydrogen-bond donors (Lipinski definition) is 3. The number of ether oxygens (including phenoxy) is 4. The lowest BCUT2D eigenvalue weighted by Gasteiger charge is -2.29. The van der Waals surface area contributed by atoms with Crippen molar-refractivity contribution in [2.45, 2.75) is 62.8 Å². The predicted molar refractivity (Wildman–Crippen MR) is 81.8 cm³/mol. The number of methoxy groups -OCH3 is 2. The van der Waals surface area contributed by atoms with Crippen molar-refractivity contribution in [3.63, 3.8) is 0 Å². The molecule has 8 heteroatoms. The molecule has 2 aliphatic rings. The molecule has 0 radical (unpaired) electrons. The molecule has 0 aromatic carbocycles. The number of carbonyl (C=O) groups is 1. The molecule has 136 valence electrons. The Labute approximate surface area is 136 Å². The molecule has 2 rings (SSSR count). The minimum atomic E-state index is -0.782. The van der Waals surface area contributed by atoms with Crippen molar-refractivity contribution < 1.29 is 34.0 Å². The quantitative estimate of drug-likeness (QED) is 0.571. The van der Waals surface area contributed by atoms with E-state index in [0.717, 1.165) is 0 Å². The highest BCUT2D eigenvalue weighted by Gasteiger charge is 2.45. The highest BCUT2D eigenvalue weighted by atomic mass is 16.6. The summed E-state index contributed by atoms with van der Waals surface area (Å²) in [5.41, 5.74) is 4.87. The van der Waals surface area contributed by atoms with Gasteiger partial charge in [0.05, 0.1) is 38.1 Å². The fourth-order valence-corrected chi connectivity index (χ4v) is 2.86. The van der Waals surface area contributed by atoms with Crippen LogP contribution in [0.3, 0.4) is 0 Å². The zero-order valence-corrected chi connectivity index (χ0v) is 14.2. The van der Waals surface area contributed by atoms with E-state index in [0.29, 0.717) is 26.0 Å². The van der Waals surface area contributed by atoms with Gasteiger partial charge in [-0.2, -0.15) is 0 Å². The van der Waals surface area contributed by atoms with Crippen molar-refractivity contribution in [2.24, 2.45) is 5.73 Å². The highest BCUT2D eigenvalue weighted by Crippen LogP contribution is 2.30. The molecule has 0 saturated carbocycles. The molecule has 6 atom stereocenters. The van der Waals surface area contributed by atoms with Crippen molar-refractivity contribution in [3.05, 3.63) is 0 Å². The number of aliphatic hydroxyl groups is 2. The molecule has 0 spiro atoms. The van der Waals surface area contributed by atoms with Crippen molar-refractivity contribution in [3.8, 4) is 0 Å². The molecule has 0 aliphatic carbocycles. The van der Waals surface area contributed by atoms with E-state index < -0.39 is 29.9 Å². The van der Waals surface area contributed by atoms with Gasteiger partial charge in [0.2, 0.25) is 0 Å². The van der Waals surface area contributed by atoms with Crippen LogP contribution in [-0.4, -0.2) is 79.7 Å². The van der Waals surface area contributed by atoms with Crippen molar-refractivity contribution in [1.82, 2.24) is 0 Å². The Morgan fingerprint density at radius 2 is 1.91 bits per heavy atom. The molecular formula is C15H29NO7. The second-order valence-corrected chi connectivity index (χ2v) is 6.08. The molecule has 2 fully saturated rings. The summed E-state index contributed by atoms with van der Waals surface area (Å²) in [4.78, 5) is 10.9. The van der Waals surface area contributed by atoms with Crippen LogP contribution in [0.2, 0.25) is 0 Å². The number of aliphatic hydroxyl groups excluding tert-OH is 2. The largest absolute Gasteiger partial charge is 0.467 e. The third kappa shape index (κ3) is 5.10. The standard InChI is InChI=1S/C8H17NO3.C7H12O4/c1-6-3-7(10)8(4-9,12-6)5-11-2;1-4-3-5(8)6(11-4)7(9)10-2/h6-7,10H,3-5,9H2,1-2H3;4-6,8H,3H2,1-2H3/t6-,7?,8+;4-,5?,6-/m00/s1. The van der Waals surface area contributed by atoms with Crippen LogP contribution in [0, 0.1) is 0 Å². The lowest BCUT2D eigenvalue weighted by molar-refractivity contribution is -0.156. The number of rotatable bonds is 4. The summed E-state index contributed by atoms with van der Waals surface area (Å²) in [5.74, 6) is -0.498. The van der Waals surface area contributed by atoms with Crippen LogP contribution in [0.1, 0.15) is 26.7 Å². The summed E-state index contributed by atoms with van der Waals surface area (Å²) in [6, 6.07) is 0. The first kappa shape index (κ1) is 20.3. The van der Waals surface area contributed by atoms with Gasteiger partial charge in [0.15, 0.2) is 6.10 Å². The van der Waals surface area contributed by atoms with Crippen LogP contribution in [0.25, 0.3) is 0 Å². The summed E-state index contributed by atoms with van der Waals surface area (Å²) >= 11 is 0. The second kappa shape index (κ2) is 8.91. The Balaban J connectivity index is 0.000000231. The summed E-state index contributed by atoms with van der Waals surface area (Å²) < 4.78 is 20.1. The van der Waals surface area contributed by atoms with Crippen LogP contribution in [0.4, 0.5) is 0 Å². The second-order valence-electron chi connectivity index (χ2n) is 6.08. The summed E-state index contributed by atoms with van der Waals surface area (Å²) in [6.45, 7) is 4.39. The van der Waals surface area contributed by atoms with E-state index in [9.17, 15) is 15.0 Å². The van der Waals surface area contributed by atoms with E-state index >= 15 is 0 Å². The van der Waals surface area contributed by atoms with Gasteiger partial charge in [-0.05, 0) is 13.8 Å². The highest BCUT2D eigenvalue weighted by molar-refractivity contribution is 5.75. The molecule has 0 aromatic heterocycles. The fourth-order valence-electron chi connectivity index (χ4n) is 2.86. The molecular weight excluding hydrogens is 306 g/mol. The first-order valence-electron chi connectivity index (χ1n) is 7.75. The van der Waals surface area contributed by atoms with Crippen LogP contribution < -0.4 is 5.73 Å². The smallest absolute Gasteiger partial charge is 0.337 e. The maximum Gasteiger partial charge on any atom is 0.337 e. The van der Waals surface area contributed by atoms with Gasteiger partial charge in [-0.1, -0.05) is 0 Å². The molecule has 2 unspecified atom stereocenters. The normalized spacial score (nSPS) is 39.7. The molecule has 2 heterocycles. The summed E-state index contributed by atoms with van der Waals surface area (Å²) in [6.07, 6.45) is -0.849. The van der Waals surface area contributed by atoms with Crippen LogP contribution in [0.5, 0.6) is 0 Å². The molecule has 23 heavy (non-hydrogen) atoms. The first-order valence-corrected chi connectivity index (χ1v) is 7.75.